The average Bonchev–Trinajstić information content (AvgIpc) is 2.31. The molecule has 0 fully saturated rings. The van der Waals surface area contributed by atoms with Crippen molar-refractivity contribution in [2.75, 3.05) is 13.7 Å². The van der Waals surface area contributed by atoms with Gasteiger partial charge in [-0.1, -0.05) is 27.2 Å². The van der Waals surface area contributed by atoms with E-state index in [0.29, 0.717) is 19.4 Å². The predicted octanol–water partition coefficient (Wildman–Crippen LogP) is 2.31. The molecule has 4 heteroatoms. The van der Waals surface area contributed by atoms with E-state index in [9.17, 15) is 9.59 Å². The van der Waals surface area contributed by atoms with Crippen LogP contribution in [0.15, 0.2) is 0 Å². The fourth-order valence-electron chi connectivity index (χ4n) is 1.55. The molecular weight excluding hydrogens is 208 g/mol. The Morgan fingerprint density at radius 1 is 1.06 bits per heavy atom. The summed E-state index contributed by atoms with van der Waals surface area (Å²) in [5.74, 6) is -0.961. The molecular formula is C12H22O4. The molecule has 0 rings (SSSR count). The summed E-state index contributed by atoms with van der Waals surface area (Å²) in [6, 6.07) is 0. The molecule has 4 nitrogen and oxygen atoms in total. The smallest absolute Gasteiger partial charge is 0.323 e. The monoisotopic (exact) mass is 230 g/mol. The van der Waals surface area contributed by atoms with Crippen LogP contribution in [0.5, 0.6) is 0 Å². The molecule has 0 aliphatic carbocycles. The number of methoxy groups -OCH3 is 1. The zero-order valence-corrected chi connectivity index (χ0v) is 10.7. The lowest BCUT2D eigenvalue weighted by atomic mass is 9.82. The van der Waals surface area contributed by atoms with Crippen LogP contribution in [0.3, 0.4) is 0 Å². The summed E-state index contributed by atoms with van der Waals surface area (Å²) in [7, 11) is 1.29. The van der Waals surface area contributed by atoms with E-state index in [2.05, 4.69) is 4.74 Å². The van der Waals surface area contributed by atoms with Crippen LogP contribution in [-0.4, -0.2) is 25.7 Å². The van der Waals surface area contributed by atoms with Crippen molar-refractivity contribution in [2.45, 2.75) is 46.5 Å². The minimum Gasteiger partial charge on any atom is -0.468 e. The lowest BCUT2D eigenvalue weighted by Gasteiger charge is -2.25. The van der Waals surface area contributed by atoms with Crippen molar-refractivity contribution >= 4 is 11.9 Å². The molecule has 16 heavy (non-hydrogen) atoms. The molecule has 0 aliphatic heterocycles. The van der Waals surface area contributed by atoms with Crippen molar-refractivity contribution in [2.24, 2.45) is 5.41 Å². The third kappa shape index (κ3) is 3.22. The van der Waals surface area contributed by atoms with Crippen LogP contribution in [-0.2, 0) is 19.1 Å². The molecule has 0 saturated heterocycles. The second-order valence-electron chi connectivity index (χ2n) is 3.77. The van der Waals surface area contributed by atoms with Gasteiger partial charge in [0.2, 0.25) is 0 Å². The van der Waals surface area contributed by atoms with Crippen molar-refractivity contribution in [3.63, 3.8) is 0 Å². The Bertz CT molecular complexity index is 231. The topological polar surface area (TPSA) is 52.6 Å². The van der Waals surface area contributed by atoms with E-state index < -0.39 is 17.4 Å². The third-order valence-corrected chi connectivity index (χ3v) is 2.91. The molecule has 0 saturated carbocycles. The summed E-state index contributed by atoms with van der Waals surface area (Å²) in [6.45, 7) is 5.97. The highest BCUT2D eigenvalue weighted by Gasteiger charge is 2.45. The largest absolute Gasteiger partial charge is 0.468 e. The fraction of sp³-hybridized carbons (Fsp3) is 0.833. The molecule has 0 aromatic carbocycles. The van der Waals surface area contributed by atoms with E-state index in [4.69, 9.17) is 4.74 Å². The van der Waals surface area contributed by atoms with Crippen molar-refractivity contribution in [1.82, 2.24) is 0 Å². The maximum absolute atomic E-state index is 11.9. The predicted molar refractivity (Wildman–Crippen MR) is 60.9 cm³/mol. The summed E-state index contributed by atoms with van der Waals surface area (Å²) in [6.07, 6.45) is 2.58. The summed E-state index contributed by atoms with van der Waals surface area (Å²) in [4.78, 5) is 23.5. The number of unbranched alkanes of at least 4 members (excludes halogenated alkanes) is 1. The van der Waals surface area contributed by atoms with Crippen LogP contribution < -0.4 is 0 Å². The van der Waals surface area contributed by atoms with E-state index >= 15 is 0 Å². The van der Waals surface area contributed by atoms with Gasteiger partial charge in [0.1, 0.15) is 0 Å². The Kier molecular flexibility index (Phi) is 6.77. The van der Waals surface area contributed by atoms with Gasteiger partial charge in [-0.05, 0) is 19.3 Å². The summed E-state index contributed by atoms with van der Waals surface area (Å²) in [5.41, 5.74) is -1.12. The van der Waals surface area contributed by atoms with Crippen molar-refractivity contribution in [3.05, 3.63) is 0 Å². The normalized spacial score (nSPS) is 11.0. The minimum absolute atomic E-state index is 0.369. The first-order valence-corrected chi connectivity index (χ1v) is 5.84. The second kappa shape index (κ2) is 7.25. The second-order valence-corrected chi connectivity index (χ2v) is 3.77. The standard InChI is InChI=1S/C12H22O4/c1-5-8-9-16-11(14)12(6-2,7-3)10(13)15-4/h5-9H2,1-4H3. The van der Waals surface area contributed by atoms with Gasteiger partial charge in [0.15, 0.2) is 5.41 Å². The highest BCUT2D eigenvalue weighted by molar-refractivity contribution is 5.99. The lowest BCUT2D eigenvalue weighted by Crippen LogP contribution is -2.40. The van der Waals surface area contributed by atoms with Crippen LogP contribution in [0.1, 0.15) is 46.5 Å². The zero-order valence-electron chi connectivity index (χ0n) is 10.7. The van der Waals surface area contributed by atoms with Gasteiger partial charge >= 0.3 is 11.9 Å². The SMILES string of the molecule is CCCCOC(=O)C(CC)(CC)C(=O)OC. The molecule has 0 bridgehead atoms. The van der Waals surface area contributed by atoms with Crippen molar-refractivity contribution in [1.29, 1.82) is 0 Å². The van der Waals surface area contributed by atoms with Gasteiger partial charge in [-0.25, -0.2) is 0 Å². The number of esters is 2. The first-order valence-electron chi connectivity index (χ1n) is 5.84. The van der Waals surface area contributed by atoms with Crippen LogP contribution >= 0.6 is 0 Å². The van der Waals surface area contributed by atoms with Crippen LogP contribution in [0.4, 0.5) is 0 Å². The number of hydrogen-bond donors (Lipinski definition) is 0. The third-order valence-electron chi connectivity index (χ3n) is 2.91. The van der Waals surface area contributed by atoms with E-state index in [1.165, 1.54) is 7.11 Å². The summed E-state index contributed by atoms with van der Waals surface area (Å²) < 4.78 is 9.80. The Hall–Kier alpha value is -1.06. The van der Waals surface area contributed by atoms with Gasteiger partial charge in [0.25, 0.3) is 0 Å². The molecule has 0 unspecified atom stereocenters. The van der Waals surface area contributed by atoms with E-state index in [0.717, 1.165) is 12.8 Å². The van der Waals surface area contributed by atoms with Crippen LogP contribution in [0.2, 0.25) is 0 Å². The van der Waals surface area contributed by atoms with E-state index in [-0.39, 0.29) is 0 Å². The Morgan fingerprint density at radius 3 is 2.00 bits per heavy atom. The van der Waals surface area contributed by atoms with Gasteiger partial charge in [0, 0.05) is 0 Å². The maximum Gasteiger partial charge on any atom is 0.323 e. The first kappa shape index (κ1) is 14.9. The van der Waals surface area contributed by atoms with E-state index in [1.54, 1.807) is 13.8 Å². The van der Waals surface area contributed by atoms with Crippen LogP contribution in [0, 0.1) is 5.41 Å². The maximum atomic E-state index is 11.9. The summed E-state index contributed by atoms with van der Waals surface area (Å²) >= 11 is 0. The number of carbonyl (C=O) groups is 2. The van der Waals surface area contributed by atoms with Gasteiger partial charge in [-0.3, -0.25) is 9.59 Å². The number of carbonyl (C=O) groups excluding carboxylic acids is 2. The number of rotatable bonds is 7. The molecule has 94 valence electrons. The summed E-state index contributed by atoms with van der Waals surface area (Å²) in [5, 5.41) is 0. The van der Waals surface area contributed by atoms with E-state index in [1.807, 2.05) is 6.92 Å². The quantitative estimate of drug-likeness (QED) is 0.382. The average molecular weight is 230 g/mol. The van der Waals surface area contributed by atoms with Crippen LogP contribution in [0.25, 0.3) is 0 Å². The number of ether oxygens (including phenoxy) is 2. The molecule has 0 aromatic heterocycles. The molecule has 0 aliphatic rings. The highest BCUT2D eigenvalue weighted by atomic mass is 16.6. The molecule has 0 heterocycles. The van der Waals surface area contributed by atoms with Gasteiger partial charge < -0.3 is 9.47 Å². The fourth-order valence-corrected chi connectivity index (χ4v) is 1.55. The molecule has 0 atom stereocenters. The highest BCUT2D eigenvalue weighted by Crippen LogP contribution is 2.29. The number of hydrogen-bond acceptors (Lipinski definition) is 4. The Balaban J connectivity index is 4.63. The van der Waals surface area contributed by atoms with Crippen molar-refractivity contribution < 1.29 is 19.1 Å². The molecule has 0 radical (unpaired) electrons. The molecule has 0 aromatic rings. The Labute approximate surface area is 97.3 Å². The van der Waals surface area contributed by atoms with Gasteiger partial charge in [0.05, 0.1) is 13.7 Å². The minimum atomic E-state index is -1.12. The Morgan fingerprint density at radius 2 is 1.62 bits per heavy atom. The van der Waals surface area contributed by atoms with Gasteiger partial charge in [-0.2, -0.15) is 0 Å². The van der Waals surface area contributed by atoms with Gasteiger partial charge in [-0.15, -0.1) is 0 Å². The zero-order chi connectivity index (χ0) is 12.6. The lowest BCUT2D eigenvalue weighted by molar-refractivity contribution is -0.171. The van der Waals surface area contributed by atoms with Crippen molar-refractivity contribution in [3.8, 4) is 0 Å². The first-order chi connectivity index (χ1) is 7.58. The molecule has 0 amide bonds. The molecule has 0 N–H and O–H groups in total. The molecule has 0 spiro atoms.